The first kappa shape index (κ1) is 20.0. The van der Waals surface area contributed by atoms with Gasteiger partial charge < -0.3 is 19.1 Å². The molecule has 2 aromatic heterocycles. The number of ether oxygens (including phenoxy) is 1. The van der Waals surface area contributed by atoms with Crippen LogP contribution in [0.3, 0.4) is 0 Å². The van der Waals surface area contributed by atoms with Crippen LogP contribution in [-0.2, 0) is 0 Å². The van der Waals surface area contributed by atoms with Gasteiger partial charge in [-0.15, -0.1) is 0 Å². The Morgan fingerprint density at radius 1 is 1.16 bits per heavy atom. The van der Waals surface area contributed by atoms with E-state index < -0.39 is 0 Å². The van der Waals surface area contributed by atoms with Gasteiger partial charge in [0, 0.05) is 48.3 Å². The Morgan fingerprint density at radius 2 is 1.97 bits per heavy atom. The van der Waals surface area contributed by atoms with E-state index in [2.05, 4.69) is 36.0 Å². The fourth-order valence-corrected chi connectivity index (χ4v) is 4.07. The number of amides is 1. The number of hydrogen-bond acceptors (Lipinski definition) is 7. The van der Waals surface area contributed by atoms with Crippen molar-refractivity contribution in [2.24, 2.45) is 0 Å². The van der Waals surface area contributed by atoms with Gasteiger partial charge in [0.2, 0.25) is 11.7 Å². The Kier molecular flexibility index (Phi) is 5.35. The summed E-state index contributed by atoms with van der Waals surface area (Å²) in [6, 6.07) is 9.37. The van der Waals surface area contributed by atoms with E-state index in [-0.39, 0.29) is 5.91 Å². The Balaban J connectivity index is 1.22. The van der Waals surface area contributed by atoms with Crippen molar-refractivity contribution >= 4 is 27.7 Å². The molecule has 3 heterocycles. The maximum atomic E-state index is 13.0. The number of aromatic nitrogens is 3. The Labute approximate surface area is 188 Å². The van der Waals surface area contributed by atoms with Gasteiger partial charge in [0.1, 0.15) is 11.6 Å². The van der Waals surface area contributed by atoms with Gasteiger partial charge in [0.15, 0.2) is 0 Å². The highest BCUT2D eigenvalue weighted by Crippen LogP contribution is 2.39. The lowest BCUT2D eigenvalue weighted by molar-refractivity contribution is 0.0745. The second-order valence-corrected chi connectivity index (χ2v) is 8.61. The third kappa shape index (κ3) is 4.14. The molecule has 0 spiro atoms. The predicted octanol–water partition coefficient (Wildman–Crippen LogP) is 3.74. The average Bonchev–Trinajstić information content (AvgIpc) is 3.56. The molecule has 1 aromatic carbocycles. The van der Waals surface area contributed by atoms with Crippen molar-refractivity contribution < 1.29 is 14.1 Å². The molecule has 9 heteroatoms. The van der Waals surface area contributed by atoms with Crippen molar-refractivity contribution in [3.8, 4) is 17.1 Å². The van der Waals surface area contributed by atoms with Crippen LogP contribution < -0.4 is 9.64 Å². The van der Waals surface area contributed by atoms with Gasteiger partial charge in [-0.1, -0.05) is 5.16 Å². The third-order valence-electron chi connectivity index (χ3n) is 5.67. The van der Waals surface area contributed by atoms with Crippen LogP contribution in [0.25, 0.3) is 11.4 Å². The first-order valence-electron chi connectivity index (χ1n) is 10.3. The van der Waals surface area contributed by atoms with Crippen LogP contribution in [0, 0.1) is 0 Å². The van der Waals surface area contributed by atoms with Crippen LogP contribution in [0.15, 0.2) is 45.5 Å². The molecular formula is C22H22BrN5O3. The van der Waals surface area contributed by atoms with Crippen molar-refractivity contribution in [1.29, 1.82) is 0 Å². The summed E-state index contributed by atoms with van der Waals surface area (Å²) in [7, 11) is 1.60. The molecular weight excluding hydrogens is 462 g/mol. The molecule has 160 valence electrons. The van der Waals surface area contributed by atoms with Crippen LogP contribution in [0.2, 0.25) is 0 Å². The smallest absolute Gasteiger partial charge is 0.255 e. The number of nitrogens with zero attached hydrogens (tertiary/aromatic N) is 5. The van der Waals surface area contributed by atoms with Crippen LogP contribution in [-0.4, -0.2) is 59.2 Å². The number of halogens is 1. The number of hydrogen-bond donors (Lipinski definition) is 0. The molecule has 1 saturated heterocycles. The Hall–Kier alpha value is -2.94. The monoisotopic (exact) mass is 483 g/mol. The minimum atomic E-state index is -0.00249. The molecule has 0 bridgehead atoms. The SMILES string of the molecule is COc1ccc(Br)c(C(=O)N2CCN(c3ccc(-c4noc(C5CC5)n4)cn3)CC2)c1. The van der Waals surface area contributed by atoms with E-state index in [1.807, 2.05) is 29.2 Å². The first-order valence-corrected chi connectivity index (χ1v) is 11.1. The van der Waals surface area contributed by atoms with E-state index in [0.717, 1.165) is 34.6 Å². The molecule has 31 heavy (non-hydrogen) atoms. The molecule has 1 aliphatic heterocycles. The van der Waals surface area contributed by atoms with Gasteiger partial charge in [-0.05, 0) is 59.1 Å². The summed E-state index contributed by atoms with van der Waals surface area (Å²) in [6.45, 7) is 2.68. The zero-order valence-corrected chi connectivity index (χ0v) is 18.7. The molecule has 1 amide bonds. The Bertz CT molecular complexity index is 1090. The molecule has 2 fully saturated rings. The van der Waals surface area contributed by atoms with E-state index in [9.17, 15) is 4.79 Å². The lowest BCUT2D eigenvalue weighted by atomic mass is 10.1. The zero-order chi connectivity index (χ0) is 21.4. The highest BCUT2D eigenvalue weighted by Gasteiger charge is 2.30. The van der Waals surface area contributed by atoms with Gasteiger partial charge in [-0.25, -0.2) is 4.98 Å². The normalized spacial score (nSPS) is 16.5. The topological polar surface area (TPSA) is 84.6 Å². The minimum absolute atomic E-state index is 0.00249. The summed E-state index contributed by atoms with van der Waals surface area (Å²) in [4.78, 5) is 26.1. The lowest BCUT2D eigenvalue weighted by Crippen LogP contribution is -2.49. The van der Waals surface area contributed by atoms with Gasteiger partial charge in [-0.2, -0.15) is 4.98 Å². The molecule has 0 radical (unpaired) electrons. The molecule has 1 aliphatic carbocycles. The maximum Gasteiger partial charge on any atom is 0.255 e. The van der Waals surface area contributed by atoms with Crippen LogP contribution >= 0.6 is 15.9 Å². The highest BCUT2D eigenvalue weighted by atomic mass is 79.9. The van der Waals surface area contributed by atoms with Crippen LogP contribution in [0.4, 0.5) is 5.82 Å². The number of pyridine rings is 1. The average molecular weight is 484 g/mol. The second-order valence-electron chi connectivity index (χ2n) is 7.76. The van der Waals surface area contributed by atoms with Crippen molar-refractivity contribution in [3.05, 3.63) is 52.5 Å². The molecule has 0 unspecified atom stereocenters. The number of methoxy groups -OCH3 is 1. The van der Waals surface area contributed by atoms with Gasteiger partial charge in [-0.3, -0.25) is 4.79 Å². The van der Waals surface area contributed by atoms with Crippen molar-refractivity contribution in [3.63, 3.8) is 0 Å². The van der Waals surface area contributed by atoms with Gasteiger partial charge in [0.05, 0.1) is 12.7 Å². The number of carbonyl (C=O) groups excluding carboxylic acids is 1. The highest BCUT2D eigenvalue weighted by molar-refractivity contribution is 9.10. The molecule has 5 rings (SSSR count). The van der Waals surface area contributed by atoms with Gasteiger partial charge in [0.25, 0.3) is 5.91 Å². The van der Waals surface area contributed by atoms with E-state index in [1.165, 1.54) is 0 Å². The summed E-state index contributed by atoms with van der Waals surface area (Å²) >= 11 is 3.47. The predicted molar refractivity (Wildman–Crippen MR) is 118 cm³/mol. The fraction of sp³-hybridized carbons (Fsp3) is 0.364. The number of carbonyl (C=O) groups is 1. The number of benzene rings is 1. The van der Waals surface area contributed by atoms with Gasteiger partial charge >= 0.3 is 0 Å². The van der Waals surface area contributed by atoms with E-state index >= 15 is 0 Å². The van der Waals surface area contributed by atoms with Crippen molar-refractivity contribution in [2.75, 3.05) is 38.2 Å². The van der Waals surface area contributed by atoms with Crippen LogP contribution in [0.1, 0.15) is 35.0 Å². The third-order valence-corrected chi connectivity index (χ3v) is 6.36. The first-order chi connectivity index (χ1) is 15.1. The summed E-state index contributed by atoms with van der Waals surface area (Å²) in [5.74, 6) is 3.29. The molecule has 1 saturated carbocycles. The largest absolute Gasteiger partial charge is 0.497 e. The molecule has 2 aliphatic rings. The maximum absolute atomic E-state index is 13.0. The summed E-state index contributed by atoms with van der Waals surface area (Å²) < 4.78 is 11.4. The van der Waals surface area contributed by atoms with Crippen molar-refractivity contribution in [2.45, 2.75) is 18.8 Å². The fourth-order valence-electron chi connectivity index (χ4n) is 3.66. The Morgan fingerprint density at radius 3 is 2.65 bits per heavy atom. The zero-order valence-electron chi connectivity index (χ0n) is 17.1. The molecule has 3 aromatic rings. The number of rotatable bonds is 5. The molecule has 8 nitrogen and oxygen atoms in total. The second kappa shape index (κ2) is 8.30. The van der Waals surface area contributed by atoms with E-state index in [0.29, 0.717) is 49.2 Å². The van der Waals surface area contributed by atoms with E-state index in [1.54, 1.807) is 19.4 Å². The quantitative estimate of drug-likeness (QED) is 0.546. The molecule has 0 N–H and O–H groups in total. The standard InChI is InChI=1S/C22H22BrN5O3/c1-30-16-5-6-18(23)17(12-16)22(29)28-10-8-27(9-11-28)19-7-4-15(13-24-19)20-25-21(31-26-20)14-2-3-14/h4-7,12-14H,2-3,8-11H2,1H3. The van der Waals surface area contributed by atoms with Crippen molar-refractivity contribution in [1.82, 2.24) is 20.0 Å². The van der Waals surface area contributed by atoms with Crippen LogP contribution in [0.5, 0.6) is 5.75 Å². The summed E-state index contributed by atoms with van der Waals surface area (Å²) in [5, 5.41) is 4.07. The van der Waals surface area contributed by atoms with E-state index in [4.69, 9.17) is 9.26 Å². The number of piperazine rings is 1. The summed E-state index contributed by atoms with van der Waals surface area (Å²) in [5.41, 5.74) is 1.46. The summed E-state index contributed by atoms with van der Waals surface area (Å²) in [6.07, 6.45) is 4.03. The minimum Gasteiger partial charge on any atom is -0.497 e. The molecule has 0 atom stereocenters. The number of anilines is 1. The lowest BCUT2D eigenvalue weighted by Gasteiger charge is -2.35.